The van der Waals surface area contributed by atoms with E-state index < -0.39 is 0 Å². The molecule has 3 unspecified atom stereocenters. The molecular weight excluding hydrogens is 186 g/mol. The van der Waals surface area contributed by atoms with Gasteiger partial charge in [0.05, 0.1) is 0 Å². The molecule has 1 saturated heterocycles. The summed E-state index contributed by atoms with van der Waals surface area (Å²) in [6.07, 6.45) is 1.20. The summed E-state index contributed by atoms with van der Waals surface area (Å²) >= 11 is 6.12. The highest BCUT2D eigenvalue weighted by molar-refractivity contribution is 6.20. The van der Waals surface area contributed by atoms with Crippen molar-refractivity contribution in [1.82, 2.24) is 5.32 Å². The molecule has 0 aromatic rings. The molecule has 1 heterocycles. The second-order valence-electron chi connectivity index (χ2n) is 4.87. The summed E-state index contributed by atoms with van der Waals surface area (Å²) in [7, 11) is 1.75. The molecule has 3 heteroatoms. The van der Waals surface area contributed by atoms with Crippen LogP contribution in [-0.2, 0) is 4.74 Å². The molecular formula is C10H20ClNO. The zero-order valence-electron chi connectivity index (χ0n) is 8.93. The first-order valence-corrected chi connectivity index (χ1v) is 5.29. The Morgan fingerprint density at radius 2 is 2.00 bits per heavy atom. The molecule has 13 heavy (non-hydrogen) atoms. The highest BCUT2D eigenvalue weighted by Gasteiger charge is 2.37. The smallest absolute Gasteiger partial charge is 0.111 e. The summed E-state index contributed by atoms with van der Waals surface area (Å²) in [5.41, 5.74) is 0.251. The third-order valence-corrected chi connectivity index (χ3v) is 3.11. The normalized spacial score (nSPS) is 36.2. The lowest BCUT2D eigenvalue weighted by Crippen LogP contribution is -2.51. The van der Waals surface area contributed by atoms with Gasteiger partial charge in [-0.05, 0) is 11.8 Å². The Kier molecular flexibility index (Phi) is 3.61. The predicted molar refractivity (Wildman–Crippen MR) is 56.0 cm³/mol. The predicted octanol–water partition coefficient (Wildman–Crippen LogP) is 2.22. The van der Waals surface area contributed by atoms with Crippen LogP contribution >= 0.6 is 11.6 Å². The number of hydrogen-bond acceptors (Lipinski definition) is 2. The van der Waals surface area contributed by atoms with E-state index in [-0.39, 0.29) is 17.0 Å². The second kappa shape index (κ2) is 4.16. The van der Waals surface area contributed by atoms with Gasteiger partial charge in [-0.1, -0.05) is 20.8 Å². The lowest BCUT2D eigenvalue weighted by Gasteiger charge is -2.41. The number of rotatable bonds is 1. The number of alkyl halides is 1. The molecule has 0 saturated carbocycles. The summed E-state index contributed by atoms with van der Waals surface area (Å²) < 4.78 is 5.41. The van der Waals surface area contributed by atoms with Crippen molar-refractivity contribution in [2.24, 2.45) is 11.3 Å². The number of nitrogens with one attached hydrogen (secondary N) is 1. The van der Waals surface area contributed by atoms with Crippen LogP contribution in [-0.4, -0.2) is 25.3 Å². The topological polar surface area (TPSA) is 21.3 Å². The van der Waals surface area contributed by atoms with Crippen molar-refractivity contribution < 1.29 is 4.74 Å². The summed E-state index contributed by atoms with van der Waals surface area (Å²) in [5, 5.41) is 3.57. The lowest BCUT2D eigenvalue weighted by atomic mass is 9.75. The van der Waals surface area contributed by atoms with E-state index >= 15 is 0 Å². The van der Waals surface area contributed by atoms with Gasteiger partial charge in [-0.25, -0.2) is 0 Å². The number of hydrogen-bond donors (Lipinski definition) is 1. The van der Waals surface area contributed by atoms with Crippen molar-refractivity contribution in [3.05, 3.63) is 0 Å². The Morgan fingerprint density at radius 3 is 2.46 bits per heavy atom. The molecule has 1 rings (SSSR count). The Labute approximate surface area is 86.0 Å². The maximum atomic E-state index is 6.12. The Morgan fingerprint density at radius 1 is 1.38 bits per heavy atom. The van der Waals surface area contributed by atoms with Gasteiger partial charge in [0.2, 0.25) is 0 Å². The fraction of sp³-hybridized carbons (Fsp3) is 1.00. The maximum Gasteiger partial charge on any atom is 0.111 e. The molecule has 0 aliphatic carbocycles. The van der Waals surface area contributed by atoms with Crippen LogP contribution in [0, 0.1) is 11.3 Å². The van der Waals surface area contributed by atoms with Crippen molar-refractivity contribution in [3.63, 3.8) is 0 Å². The van der Waals surface area contributed by atoms with Gasteiger partial charge < -0.3 is 4.74 Å². The molecule has 0 bridgehead atoms. The largest absolute Gasteiger partial charge is 0.366 e. The fourth-order valence-corrected chi connectivity index (χ4v) is 2.21. The highest BCUT2D eigenvalue weighted by Crippen LogP contribution is 2.35. The van der Waals surface area contributed by atoms with Crippen molar-refractivity contribution in [2.45, 2.75) is 38.8 Å². The van der Waals surface area contributed by atoms with Crippen LogP contribution in [0.4, 0.5) is 0 Å². The van der Waals surface area contributed by atoms with E-state index in [0.29, 0.717) is 5.92 Å². The van der Waals surface area contributed by atoms with E-state index in [2.05, 4.69) is 26.1 Å². The maximum absolute atomic E-state index is 6.12. The standard InChI is InChI=1S/C10H20ClNO/c1-10(2,3)8-5-7(11)6-12-9(8)13-4/h7-9,12H,5-6H2,1-4H3. The quantitative estimate of drug-likeness (QED) is 0.663. The fourth-order valence-electron chi connectivity index (χ4n) is 1.92. The van der Waals surface area contributed by atoms with E-state index in [1.165, 1.54) is 0 Å². The molecule has 0 radical (unpaired) electrons. The first kappa shape index (κ1) is 11.3. The van der Waals surface area contributed by atoms with Gasteiger partial charge in [-0.2, -0.15) is 0 Å². The van der Waals surface area contributed by atoms with Crippen LogP contribution < -0.4 is 5.32 Å². The van der Waals surface area contributed by atoms with Crippen molar-refractivity contribution in [2.75, 3.05) is 13.7 Å². The molecule has 0 aromatic heterocycles. The van der Waals surface area contributed by atoms with E-state index in [9.17, 15) is 0 Å². The summed E-state index contributed by atoms with van der Waals surface area (Å²) in [6.45, 7) is 7.56. The third kappa shape index (κ3) is 2.83. The third-order valence-electron chi connectivity index (χ3n) is 2.78. The second-order valence-corrected chi connectivity index (χ2v) is 5.49. The van der Waals surface area contributed by atoms with Crippen molar-refractivity contribution >= 4 is 11.6 Å². The molecule has 0 aromatic carbocycles. The molecule has 3 atom stereocenters. The van der Waals surface area contributed by atoms with E-state index in [1.807, 2.05) is 0 Å². The first-order valence-electron chi connectivity index (χ1n) is 4.85. The van der Waals surface area contributed by atoms with E-state index in [0.717, 1.165) is 13.0 Å². The average molecular weight is 206 g/mol. The SMILES string of the molecule is COC1NCC(Cl)CC1C(C)(C)C. The van der Waals surface area contributed by atoms with Gasteiger partial charge in [0.1, 0.15) is 6.23 Å². The van der Waals surface area contributed by atoms with Crippen molar-refractivity contribution in [3.8, 4) is 0 Å². The molecule has 1 aliphatic rings. The highest BCUT2D eigenvalue weighted by atomic mass is 35.5. The minimum absolute atomic E-state index is 0.162. The number of methoxy groups -OCH3 is 1. The molecule has 1 fully saturated rings. The van der Waals surface area contributed by atoms with Gasteiger partial charge in [0.25, 0.3) is 0 Å². The Hall–Kier alpha value is 0.210. The van der Waals surface area contributed by atoms with Crippen LogP contribution in [0.2, 0.25) is 0 Å². The summed E-state index contributed by atoms with van der Waals surface area (Å²) in [4.78, 5) is 0. The molecule has 78 valence electrons. The molecule has 0 amide bonds. The van der Waals surface area contributed by atoms with Crippen LogP contribution in [0.1, 0.15) is 27.2 Å². The summed E-state index contributed by atoms with van der Waals surface area (Å²) in [5.74, 6) is 0.494. The minimum atomic E-state index is 0.162. The van der Waals surface area contributed by atoms with E-state index in [1.54, 1.807) is 7.11 Å². The Balaban J connectivity index is 2.65. The van der Waals surface area contributed by atoms with Crippen LogP contribution in [0.15, 0.2) is 0 Å². The van der Waals surface area contributed by atoms with Crippen LogP contribution in [0.25, 0.3) is 0 Å². The summed E-state index contributed by atoms with van der Waals surface area (Å²) in [6, 6.07) is 0. The van der Waals surface area contributed by atoms with Gasteiger partial charge in [0, 0.05) is 24.9 Å². The molecule has 1 aliphatic heterocycles. The molecule has 2 nitrogen and oxygen atoms in total. The minimum Gasteiger partial charge on any atom is -0.366 e. The number of ether oxygens (including phenoxy) is 1. The monoisotopic (exact) mass is 205 g/mol. The molecule has 0 spiro atoms. The van der Waals surface area contributed by atoms with Gasteiger partial charge in [-0.3, -0.25) is 5.32 Å². The first-order chi connectivity index (χ1) is 5.95. The number of halogens is 1. The molecule has 1 N–H and O–H groups in total. The van der Waals surface area contributed by atoms with Crippen molar-refractivity contribution in [1.29, 1.82) is 0 Å². The van der Waals surface area contributed by atoms with Crippen LogP contribution in [0.3, 0.4) is 0 Å². The Bertz CT molecular complexity index is 167. The zero-order valence-corrected chi connectivity index (χ0v) is 9.69. The zero-order chi connectivity index (χ0) is 10.1. The van der Waals surface area contributed by atoms with E-state index in [4.69, 9.17) is 16.3 Å². The lowest BCUT2D eigenvalue weighted by molar-refractivity contribution is -0.0356. The van der Waals surface area contributed by atoms with Crippen LogP contribution in [0.5, 0.6) is 0 Å². The van der Waals surface area contributed by atoms with Gasteiger partial charge >= 0.3 is 0 Å². The number of piperidine rings is 1. The average Bonchev–Trinajstić information content (AvgIpc) is 2.03. The van der Waals surface area contributed by atoms with Gasteiger partial charge in [0.15, 0.2) is 0 Å². The van der Waals surface area contributed by atoms with Gasteiger partial charge in [-0.15, -0.1) is 11.6 Å².